The topological polar surface area (TPSA) is 101 Å². The number of aromatic nitrogens is 2. The molecule has 0 aliphatic heterocycles. The lowest BCUT2D eigenvalue weighted by atomic mass is 10.0. The Balaban J connectivity index is 1.64. The van der Waals surface area contributed by atoms with Gasteiger partial charge in [-0.2, -0.15) is 0 Å². The fraction of sp³-hybridized carbons (Fsp3) is 0.190. The molecule has 0 aliphatic rings. The van der Waals surface area contributed by atoms with Gasteiger partial charge in [-0.15, -0.1) is 0 Å². The lowest BCUT2D eigenvalue weighted by Crippen LogP contribution is -2.23. The number of pyridine rings is 1. The van der Waals surface area contributed by atoms with Crippen LogP contribution in [0, 0.1) is 19.7 Å². The summed E-state index contributed by atoms with van der Waals surface area (Å²) in [5.74, 6) is -1.13. The number of H-pyrrole nitrogens is 1. The number of hydrogen-bond donors (Lipinski definition) is 3. The molecule has 6 nitrogen and oxygen atoms in total. The van der Waals surface area contributed by atoms with Crippen LogP contribution < -0.4 is 11.1 Å². The van der Waals surface area contributed by atoms with Crippen molar-refractivity contribution in [3.8, 4) is 0 Å². The number of carbonyl (C=O) groups excluding carboxylic acids is 2. The van der Waals surface area contributed by atoms with E-state index in [1.54, 1.807) is 18.2 Å². The van der Waals surface area contributed by atoms with E-state index < -0.39 is 5.91 Å². The Morgan fingerprint density at radius 1 is 1.29 bits per heavy atom. The van der Waals surface area contributed by atoms with E-state index >= 15 is 0 Å². The van der Waals surface area contributed by atoms with Crippen LogP contribution in [0.25, 0.3) is 17.0 Å². The summed E-state index contributed by atoms with van der Waals surface area (Å²) in [6.45, 7) is 4.25. The molecule has 4 N–H and O–H groups in total. The van der Waals surface area contributed by atoms with Crippen LogP contribution in [0.2, 0.25) is 0 Å². The molecule has 3 aromatic rings. The van der Waals surface area contributed by atoms with E-state index in [0.29, 0.717) is 24.0 Å². The van der Waals surface area contributed by atoms with Crippen molar-refractivity contribution in [2.24, 2.45) is 5.73 Å². The van der Waals surface area contributed by atoms with Gasteiger partial charge < -0.3 is 16.0 Å². The Labute approximate surface area is 161 Å². The fourth-order valence-corrected chi connectivity index (χ4v) is 3.18. The molecule has 2 amide bonds. The summed E-state index contributed by atoms with van der Waals surface area (Å²) in [5.41, 5.74) is 9.47. The monoisotopic (exact) mass is 380 g/mol. The molecule has 2 aromatic heterocycles. The van der Waals surface area contributed by atoms with E-state index in [4.69, 9.17) is 5.73 Å². The van der Waals surface area contributed by atoms with Crippen LogP contribution in [-0.2, 0) is 11.2 Å². The van der Waals surface area contributed by atoms with Gasteiger partial charge >= 0.3 is 0 Å². The van der Waals surface area contributed by atoms with Crippen molar-refractivity contribution in [2.45, 2.75) is 20.3 Å². The summed E-state index contributed by atoms with van der Waals surface area (Å²) in [5, 5.41) is 3.68. The van der Waals surface area contributed by atoms with E-state index in [2.05, 4.69) is 15.3 Å². The van der Waals surface area contributed by atoms with Gasteiger partial charge in [0.2, 0.25) is 11.8 Å². The van der Waals surface area contributed by atoms with Gasteiger partial charge in [-0.1, -0.05) is 6.07 Å². The van der Waals surface area contributed by atoms with Gasteiger partial charge in [0.1, 0.15) is 5.82 Å². The van der Waals surface area contributed by atoms with Gasteiger partial charge in [-0.25, -0.2) is 4.39 Å². The molecule has 0 saturated heterocycles. The van der Waals surface area contributed by atoms with Crippen molar-refractivity contribution in [1.82, 2.24) is 15.3 Å². The number of aryl methyl sites for hydroxylation is 2. The zero-order valence-corrected chi connectivity index (χ0v) is 15.7. The molecule has 144 valence electrons. The first-order valence-electron chi connectivity index (χ1n) is 8.84. The standard InChI is InChI=1S/C21H21FN4O2/c1-12-3-5-17(22)20-19(12)16(13(2)26-20)7-8-25-18(27)6-4-14-9-15(21(23)28)11-24-10-14/h3-6,9-11,26H,7-8H2,1-2H3,(H2,23,28)(H,25,27)/b6-4+. The summed E-state index contributed by atoms with van der Waals surface area (Å²) in [6, 6.07) is 4.77. The molecule has 0 saturated carbocycles. The highest BCUT2D eigenvalue weighted by Crippen LogP contribution is 2.27. The van der Waals surface area contributed by atoms with Crippen LogP contribution in [0.4, 0.5) is 4.39 Å². The minimum atomic E-state index is -0.576. The van der Waals surface area contributed by atoms with E-state index in [1.165, 1.54) is 24.5 Å². The maximum absolute atomic E-state index is 14.0. The quantitative estimate of drug-likeness (QED) is 0.573. The number of nitrogens with two attached hydrogens (primary N) is 1. The van der Waals surface area contributed by atoms with Crippen LogP contribution in [0.3, 0.4) is 0 Å². The Hall–Kier alpha value is -3.48. The third-order valence-electron chi connectivity index (χ3n) is 4.58. The predicted molar refractivity (Wildman–Crippen MR) is 106 cm³/mol. The van der Waals surface area contributed by atoms with Gasteiger partial charge in [-0.3, -0.25) is 14.6 Å². The average Bonchev–Trinajstić information content (AvgIpc) is 3.01. The van der Waals surface area contributed by atoms with Crippen molar-refractivity contribution >= 4 is 28.8 Å². The third kappa shape index (κ3) is 4.09. The lowest BCUT2D eigenvalue weighted by Gasteiger charge is -2.05. The molecule has 0 fully saturated rings. The van der Waals surface area contributed by atoms with E-state index in [-0.39, 0.29) is 17.3 Å². The highest BCUT2D eigenvalue weighted by atomic mass is 19.1. The van der Waals surface area contributed by atoms with Gasteiger partial charge in [0.15, 0.2) is 0 Å². The Morgan fingerprint density at radius 3 is 2.82 bits per heavy atom. The average molecular weight is 380 g/mol. The summed E-state index contributed by atoms with van der Waals surface area (Å²) in [6.07, 6.45) is 6.41. The van der Waals surface area contributed by atoms with Crippen LogP contribution >= 0.6 is 0 Å². The number of aromatic amines is 1. The number of nitrogens with one attached hydrogen (secondary N) is 2. The van der Waals surface area contributed by atoms with E-state index in [9.17, 15) is 14.0 Å². The van der Waals surface area contributed by atoms with Gasteiger partial charge in [0.25, 0.3) is 0 Å². The predicted octanol–water partition coefficient (Wildman–Crippen LogP) is 2.79. The first-order chi connectivity index (χ1) is 13.4. The second-order valence-electron chi connectivity index (χ2n) is 6.59. The number of carbonyl (C=O) groups is 2. The number of benzene rings is 1. The number of amides is 2. The maximum atomic E-state index is 14.0. The van der Waals surface area contributed by atoms with E-state index in [0.717, 1.165) is 22.2 Å². The molecule has 2 heterocycles. The molecular weight excluding hydrogens is 359 g/mol. The highest BCUT2D eigenvalue weighted by Gasteiger charge is 2.13. The molecular formula is C21H21FN4O2. The summed E-state index contributed by atoms with van der Waals surface area (Å²) < 4.78 is 14.0. The summed E-state index contributed by atoms with van der Waals surface area (Å²) >= 11 is 0. The second kappa shape index (κ2) is 8.04. The SMILES string of the molecule is Cc1[nH]c2c(F)ccc(C)c2c1CCNC(=O)/C=C/c1cncc(C(N)=O)c1. The zero-order chi connectivity index (χ0) is 20.3. The smallest absolute Gasteiger partial charge is 0.250 e. The number of hydrogen-bond acceptors (Lipinski definition) is 3. The fourth-order valence-electron chi connectivity index (χ4n) is 3.18. The minimum Gasteiger partial charge on any atom is -0.366 e. The maximum Gasteiger partial charge on any atom is 0.250 e. The highest BCUT2D eigenvalue weighted by molar-refractivity contribution is 5.94. The van der Waals surface area contributed by atoms with Crippen LogP contribution in [0.1, 0.15) is 32.7 Å². The summed E-state index contributed by atoms with van der Waals surface area (Å²) in [4.78, 5) is 30.2. The third-order valence-corrected chi connectivity index (χ3v) is 4.58. The first kappa shape index (κ1) is 19.3. The minimum absolute atomic E-state index is 0.273. The molecule has 3 rings (SSSR count). The van der Waals surface area contributed by atoms with Crippen molar-refractivity contribution in [1.29, 1.82) is 0 Å². The summed E-state index contributed by atoms with van der Waals surface area (Å²) in [7, 11) is 0. The molecule has 0 radical (unpaired) electrons. The molecule has 28 heavy (non-hydrogen) atoms. The van der Waals surface area contributed by atoms with Crippen LogP contribution in [0.5, 0.6) is 0 Å². The van der Waals surface area contributed by atoms with E-state index in [1.807, 2.05) is 13.8 Å². The normalized spacial score (nSPS) is 11.2. The van der Waals surface area contributed by atoms with Crippen LogP contribution in [0.15, 0.2) is 36.7 Å². The second-order valence-corrected chi connectivity index (χ2v) is 6.59. The Bertz CT molecular complexity index is 1090. The van der Waals surface area contributed by atoms with Crippen molar-refractivity contribution in [2.75, 3.05) is 6.54 Å². The van der Waals surface area contributed by atoms with Crippen LogP contribution in [-0.4, -0.2) is 28.3 Å². The Morgan fingerprint density at radius 2 is 2.07 bits per heavy atom. The Kier molecular flexibility index (Phi) is 5.54. The number of nitrogens with zero attached hydrogens (tertiary/aromatic N) is 1. The first-order valence-corrected chi connectivity index (χ1v) is 8.84. The number of fused-ring (bicyclic) bond motifs is 1. The largest absolute Gasteiger partial charge is 0.366 e. The number of halogens is 1. The van der Waals surface area contributed by atoms with Gasteiger partial charge in [0, 0.05) is 36.1 Å². The van der Waals surface area contributed by atoms with Gasteiger partial charge in [-0.05, 0) is 55.2 Å². The number of rotatable bonds is 6. The van der Waals surface area contributed by atoms with Gasteiger partial charge in [0.05, 0.1) is 11.1 Å². The zero-order valence-electron chi connectivity index (χ0n) is 15.7. The molecule has 7 heteroatoms. The van der Waals surface area contributed by atoms with Crippen molar-refractivity contribution in [3.05, 3.63) is 70.4 Å². The number of primary amides is 1. The molecule has 0 atom stereocenters. The van der Waals surface area contributed by atoms with Crippen molar-refractivity contribution in [3.63, 3.8) is 0 Å². The molecule has 1 aromatic carbocycles. The molecule has 0 aliphatic carbocycles. The van der Waals surface area contributed by atoms with Crippen molar-refractivity contribution < 1.29 is 14.0 Å². The molecule has 0 spiro atoms. The molecule has 0 unspecified atom stereocenters. The molecule has 0 bridgehead atoms. The lowest BCUT2D eigenvalue weighted by molar-refractivity contribution is -0.116.